The first kappa shape index (κ1) is 18.4. The largest absolute Gasteiger partial charge is 0.416 e. The van der Waals surface area contributed by atoms with E-state index in [2.05, 4.69) is 10.9 Å². The number of alkyl halides is 4. The molecule has 0 saturated carbocycles. The lowest BCUT2D eigenvalue weighted by molar-refractivity contribution is -0.140. The molecule has 3 unspecified atom stereocenters. The van der Waals surface area contributed by atoms with Crippen LogP contribution in [0.3, 0.4) is 0 Å². The molecule has 1 amide bonds. The first-order valence-electron chi connectivity index (χ1n) is 8.03. The van der Waals surface area contributed by atoms with Gasteiger partial charge in [-0.25, -0.2) is 5.43 Å². The highest BCUT2D eigenvalue weighted by Gasteiger charge is 2.36. The number of nitrogens with one attached hydrogen (secondary N) is 2. The van der Waals surface area contributed by atoms with Crippen molar-refractivity contribution < 1.29 is 22.7 Å². The van der Waals surface area contributed by atoms with Gasteiger partial charge < -0.3 is 9.64 Å². The number of halogens is 4. The Bertz CT molecular complexity index is 629. The minimum absolute atomic E-state index is 0.123. The number of benzene rings is 1. The van der Waals surface area contributed by atoms with Crippen molar-refractivity contribution in [2.45, 2.75) is 30.1 Å². The molecule has 2 N–H and O–H groups in total. The number of hydrazine groups is 1. The summed E-state index contributed by atoms with van der Waals surface area (Å²) < 4.78 is 44.1. The fourth-order valence-corrected chi connectivity index (χ4v) is 3.32. The molecule has 3 rings (SSSR count). The quantitative estimate of drug-likeness (QED) is 0.785. The molecular weight excluding hydrogens is 359 g/mol. The van der Waals surface area contributed by atoms with Crippen LogP contribution in [0.15, 0.2) is 24.3 Å². The van der Waals surface area contributed by atoms with Crippen LogP contribution in [0.5, 0.6) is 0 Å². The van der Waals surface area contributed by atoms with E-state index in [0.717, 1.165) is 12.1 Å². The van der Waals surface area contributed by atoms with Gasteiger partial charge in [0.25, 0.3) is 0 Å². The molecule has 1 aromatic rings. The predicted molar refractivity (Wildman–Crippen MR) is 86.0 cm³/mol. The lowest BCUT2D eigenvalue weighted by Crippen LogP contribution is -2.54. The lowest BCUT2D eigenvalue weighted by atomic mass is 10.0. The van der Waals surface area contributed by atoms with Crippen LogP contribution in [0.25, 0.3) is 0 Å². The van der Waals surface area contributed by atoms with Crippen molar-refractivity contribution in [1.29, 1.82) is 0 Å². The zero-order valence-electron chi connectivity index (χ0n) is 13.4. The molecule has 9 heteroatoms. The van der Waals surface area contributed by atoms with E-state index in [1.54, 1.807) is 11.0 Å². The van der Waals surface area contributed by atoms with Crippen LogP contribution >= 0.6 is 11.6 Å². The van der Waals surface area contributed by atoms with E-state index < -0.39 is 17.8 Å². The number of rotatable bonds is 3. The fraction of sp³-hybridized carbons (Fsp3) is 0.562. The van der Waals surface area contributed by atoms with E-state index in [1.165, 1.54) is 6.07 Å². The number of morpholine rings is 1. The zero-order chi connectivity index (χ0) is 18.0. The highest BCUT2D eigenvalue weighted by molar-refractivity contribution is 6.23. The average Bonchev–Trinajstić information content (AvgIpc) is 3.00. The molecular formula is C16H19ClF3N3O2. The summed E-state index contributed by atoms with van der Waals surface area (Å²) in [5, 5.41) is -0.336. The van der Waals surface area contributed by atoms with Crippen LogP contribution in [-0.4, -0.2) is 54.6 Å². The normalized spacial score (nSPS) is 27.5. The molecule has 25 heavy (non-hydrogen) atoms. The van der Waals surface area contributed by atoms with Crippen molar-refractivity contribution >= 4 is 17.5 Å². The number of nitrogens with zero attached hydrogens (tertiary/aromatic N) is 1. The molecule has 2 heterocycles. The Kier molecular flexibility index (Phi) is 5.52. The molecule has 138 valence electrons. The number of ether oxygens (including phenoxy) is 1. The van der Waals surface area contributed by atoms with Crippen molar-refractivity contribution in [3.8, 4) is 0 Å². The van der Waals surface area contributed by atoms with Crippen molar-refractivity contribution in [2.24, 2.45) is 0 Å². The third-order valence-electron chi connectivity index (χ3n) is 4.35. The van der Waals surface area contributed by atoms with Crippen LogP contribution in [0.1, 0.15) is 11.1 Å². The molecule has 5 nitrogen and oxygen atoms in total. The van der Waals surface area contributed by atoms with Gasteiger partial charge in [0.15, 0.2) is 0 Å². The highest BCUT2D eigenvalue weighted by Crippen LogP contribution is 2.30. The van der Waals surface area contributed by atoms with Crippen LogP contribution in [0.2, 0.25) is 0 Å². The van der Waals surface area contributed by atoms with E-state index in [0.29, 0.717) is 38.2 Å². The Hall–Kier alpha value is -1.35. The van der Waals surface area contributed by atoms with Crippen LogP contribution in [-0.2, 0) is 22.1 Å². The SMILES string of the molecule is O=C(C1NNCC1Cl)N1CCOC(Cc2cccc(C(F)(F)F)c2)C1. The average molecular weight is 378 g/mol. The molecule has 2 aliphatic rings. The smallest absolute Gasteiger partial charge is 0.374 e. The van der Waals surface area contributed by atoms with Gasteiger partial charge in [-0.05, 0) is 11.6 Å². The highest BCUT2D eigenvalue weighted by atomic mass is 35.5. The number of hydrogen-bond acceptors (Lipinski definition) is 4. The van der Waals surface area contributed by atoms with Gasteiger partial charge in [0, 0.05) is 26.1 Å². The Balaban J connectivity index is 1.63. The second kappa shape index (κ2) is 7.49. The summed E-state index contributed by atoms with van der Waals surface area (Å²) in [5.74, 6) is -0.123. The molecule has 0 aromatic heterocycles. The summed E-state index contributed by atoms with van der Waals surface area (Å²) in [5.41, 5.74) is 5.55. The Morgan fingerprint density at radius 3 is 2.88 bits per heavy atom. The molecule has 2 fully saturated rings. The predicted octanol–water partition coefficient (Wildman–Crippen LogP) is 1.56. The summed E-state index contributed by atoms with van der Waals surface area (Å²) in [6.45, 7) is 1.62. The van der Waals surface area contributed by atoms with E-state index in [9.17, 15) is 18.0 Å². The number of amides is 1. The van der Waals surface area contributed by atoms with Gasteiger partial charge >= 0.3 is 6.18 Å². The number of carbonyl (C=O) groups is 1. The maximum atomic E-state index is 12.8. The van der Waals surface area contributed by atoms with E-state index in [1.807, 2.05) is 0 Å². The maximum Gasteiger partial charge on any atom is 0.416 e. The Morgan fingerprint density at radius 2 is 2.20 bits per heavy atom. The van der Waals surface area contributed by atoms with Gasteiger partial charge in [-0.1, -0.05) is 18.2 Å². The second-order valence-corrected chi connectivity index (χ2v) is 6.76. The van der Waals surface area contributed by atoms with Crippen molar-refractivity contribution in [1.82, 2.24) is 15.8 Å². The van der Waals surface area contributed by atoms with Gasteiger partial charge in [-0.15, -0.1) is 11.6 Å². The monoisotopic (exact) mass is 377 g/mol. The topological polar surface area (TPSA) is 53.6 Å². The number of carbonyl (C=O) groups excluding carboxylic acids is 1. The van der Waals surface area contributed by atoms with Crippen molar-refractivity contribution in [3.05, 3.63) is 35.4 Å². The van der Waals surface area contributed by atoms with Gasteiger partial charge in [-0.2, -0.15) is 13.2 Å². The fourth-order valence-electron chi connectivity index (χ4n) is 3.07. The molecule has 0 radical (unpaired) electrons. The van der Waals surface area contributed by atoms with Gasteiger partial charge in [0.2, 0.25) is 5.91 Å². The zero-order valence-corrected chi connectivity index (χ0v) is 14.1. The van der Waals surface area contributed by atoms with Gasteiger partial charge in [0.1, 0.15) is 6.04 Å². The first-order chi connectivity index (χ1) is 11.8. The second-order valence-electron chi connectivity index (χ2n) is 6.20. The lowest BCUT2D eigenvalue weighted by Gasteiger charge is -2.35. The van der Waals surface area contributed by atoms with E-state index in [-0.39, 0.29) is 17.4 Å². The molecule has 0 spiro atoms. The Labute approximate surface area is 148 Å². The molecule has 1 aromatic carbocycles. The molecule has 2 saturated heterocycles. The first-order valence-corrected chi connectivity index (χ1v) is 8.47. The van der Waals surface area contributed by atoms with Crippen molar-refractivity contribution in [2.75, 3.05) is 26.2 Å². The van der Waals surface area contributed by atoms with Crippen molar-refractivity contribution in [3.63, 3.8) is 0 Å². The van der Waals surface area contributed by atoms with E-state index in [4.69, 9.17) is 16.3 Å². The third kappa shape index (κ3) is 4.44. The van der Waals surface area contributed by atoms with Gasteiger partial charge in [-0.3, -0.25) is 10.2 Å². The minimum atomic E-state index is -4.37. The summed E-state index contributed by atoms with van der Waals surface area (Å²) in [4.78, 5) is 14.2. The standard InChI is InChI=1S/C16H19ClF3N3O2/c17-13-8-21-22-14(13)15(24)23-4-5-25-12(9-23)7-10-2-1-3-11(6-10)16(18,19)20/h1-3,6,12-14,21-22H,4-5,7-9H2. The summed E-state index contributed by atoms with van der Waals surface area (Å²) >= 11 is 6.11. The van der Waals surface area contributed by atoms with Crippen LogP contribution in [0.4, 0.5) is 13.2 Å². The van der Waals surface area contributed by atoms with Crippen LogP contribution < -0.4 is 10.9 Å². The number of hydrogen-bond donors (Lipinski definition) is 2. The summed E-state index contributed by atoms with van der Waals surface area (Å²) in [6.07, 6.45) is -4.40. The minimum Gasteiger partial charge on any atom is -0.374 e. The molecule has 2 aliphatic heterocycles. The van der Waals surface area contributed by atoms with Crippen LogP contribution in [0, 0.1) is 0 Å². The van der Waals surface area contributed by atoms with Gasteiger partial charge in [0.05, 0.1) is 23.7 Å². The van der Waals surface area contributed by atoms with E-state index >= 15 is 0 Å². The Morgan fingerprint density at radius 1 is 1.40 bits per heavy atom. The molecule has 0 aliphatic carbocycles. The summed E-state index contributed by atoms with van der Waals surface area (Å²) in [6, 6.07) is 4.68. The molecule has 3 atom stereocenters. The third-order valence-corrected chi connectivity index (χ3v) is 4.76. The maximum absolute atomic E-state index is 12.8. The molecule has 0 bridgehead atoms. The summed E-state index contributed by atoms with van der Waals surface area (Å²) in [7, 11) is 0.